The van der Waals surface area contributed by atoms with Crippen molar-refractivity contribution in [1.29, 1.82) is 0 Å². The highest BCUT2D eigenvalue weighted by molar-refractivity contribution is 7.99. The predicted octanol–water partition coefficient (Wildman–Crippen LogP) is 3.62. The highest BCUT2D eigenvalue weighted by Gasteiger charge is 2.30. The first-order valence-electron chi connectivity index (χ1n) is 6.86. The number of amides is 1. The Morgan fingerprint density at radius 2 is 1.77 bits per heavy atom. The Balaban J connectivity index is 1.95. The molecule has 5 heteroatoms. The van der Waals surface area contributed by atoms with Crippen LogP contribution in [0.5, 0.6) is 0 Å². The third kappa shape index (κ3) is 4.58. The van der Waals surface area contributed by atoms with Gasteiger partial charge in [0.1, 0.15) is 11.4 Å². The van der Waals surface area contributed by atoms with Crippen molar-refractivity contribution < 1.29 is 14.3 Å². The van der Waals surface area contributed by atoms with E-state index in [4.69, 9.17) is 0 Å². The van der Waals surface area contributed by atoms with E-state index in [-0.39, 0.29) is 11.6 Å². The van der Waals surface area contributed by atoms with E-state index in [0.29, 0.717) is 5.69 Å². The minimum absolute atomic E-state index is 0.225. The third-order valence-electron chi connectivity index (χ3n) is 3.13. The van der Waals surface area contributed by atoms with E-state index < -0.39 is 11.5 Å². The van der Waals surface area contributed by atoms with Crippen molar-refractivity contribution >= 4 is 23.4 Å². The van der Waals surface area contributed by atoms with Gasteiger partial charge in [0, 0.05) is 16.3 Å². The molecule has 22 heavy (non-hydrogen) atoms. The Bertz CT molecular complexity index is 639. The zero-order chi connectivity index (χ0) is 16.2. The maximum Gasteiger partial charge on any atom is 0.256 e. The fourth-order valence-corrected chi connectivity index (χ4v) is 2.63. The highest BCUT2D eigenvalue weighted by atomic mass is 32.2. The Morgan fingerprint density at radius 3 is 2.36 bits per heavy atom. The molecule has 0 spiro atoms. The molecule has 2 rings (SSSR count). The van der Waals surface area contributed by atoms with Gasteiger partial charge in [-0.1, -0.05) is 17.7 Å². The van der Waals surface area contributed by atoms with Crippen LogP contribution in [0.4, 0.5) is 10.1 Å². The summed E-state index contributed by atoms with van der Waals surface area (Å²) in [5.74, 6) is -0.665. The number of carbonyl (C=O) groups is 1. The van der Waals surface area contributed by atoms with Crippen LogP contribution < -0.4 is 5.32 Å². The summed E-state index contributed by atoms with van der Waals surface area (Å²) in [4.78, 5) is 13.1. The second kappa shape index (κ2) is 6.94. The number of carbonyl (C=O) groups excluding carboxylic acids is 1. The third-order valence-corrected chi connectivity index (χ3v) is 4.44. The summed E-state index contributed by atoms with van der Waals surface area (Å²) < 4.78 is 12.8. The van der Waals surface area contributed by atoms with Crippen molar-refractivity contribution in [2.45, 2.75) is 24.3 Å². The minimum Gasteiger partial charge on any atom is -0.379 e. The van der Waals surface area contributed by atoms with Crippen LogP contribution >= 0.6 is 11.8 Å². The molecule has 0 aliphatic heterocycles. The quantitative estimate of drug-likeness (QED) is 0.828. The molecule has 0 radical (unpaired) electrons. The molecule has 0 heterocycles. The lowest BCUT2D eigenvalue weighted by molar-refractivity contribution is -0.130. The molecular weight excluding hydrogens is 301 g/mol. The first-order valence-corrected chi connectivity index (χ1v) is 7.84. The van der Waals surface area contributed by atoms with E-state index in [9.17, 15) is 14.3 Å². The van der Waals surface area contributed by atoms with Gasteiger partial charge in [-0.05, 0) is 50.2 Å². The van der Waals surface area contributed by atoms with Gasteiger partial charge in [-0.2, -0.15) is 0 Å². The van der Waals surface area contributed by atoms with Crippen molar-refractivity contribution in [2.24, 2.45) is 0 Å². The Hall–Kier alpha value is -1.85. The molecular formula is C17H18FNO2S. The predicted molar refractivity (Wildman–Crippen MR) is 87.6 cm³/mol. The molecule has 2 aromatic carbocycles. The number of thioether (sulfide) groups is 1. The second-order valence-corrected chi connectivity index (χ2v) is 6.39. The summed E-state index contributed by atoms with van der Waals surface area (Å²) in [6, 6.07) is 13.3. The fraction of sp³-hybridized carbons (Fsp3) is 0.235. The molecule has 0 saturated heterocycles. The van der Waals surface area contributed by atoms with Crippen LogP contribution in [-0.4, -0.2) is 22.4 Å². The van der Waals surface area contributed by atoms with Crippen LogP contribution in [0.1, 0.15) is 12.5 Å². The van der Waals surface area contributed by atoms with Crippen LogP contribution in [0.25, 0.3) is 0 Å². The van der Waals surface area contributed by atoms with Gasteiger partial charge in [-0.15, -0.1) is 11.8 Å². The molecule has 3 nitrogen and oxygen atoms in total. The van der Waals surface area contributed by atoms with Crippen molar-refractivity contribution in [3.8, 4) is 0 Å². The van der Waals surface area contributed by atoms with E-state index in [1.165, 1.54) is 43.0 Å². The molecule has 0 aromatic heterocycles. The SMILES string of the molecule is Cc1ccc(SC[C@@](C)(O)C(=O)Nc2ccc(F)cc2)cc1. The van der Waals surface area contributed by atoms with Crippen LogP contribution in [0.3, 0.4) is 0 Å². The first-order chi connectivity index (χ1) is 10.4. The average Bonchev–Trinajstić information content (AvgIpc) is 2.49. The van der Waals surface area contributed by atoms with Crippen LogP contribution in [0.2, 0.25) is 0 Å². The van der Waals surface area contributed by atoms with E-state index in [1.807, 2.05) is 31.2 Å². The number of aliphatic hydroxyl groups is 1. The number of halogens is 1. The zero-order valence-corrected chi connectivity index (χ0v) is 13.3. The molecule has 1 atom stereocenters. The van der Waals surface area contributed by atoms with Gasteiger partial charge < -0.3 is 10.4 Å². The smallest absolute Gasteiger partial charge is 0.256 e. The molecule has 0 fully saturated rings. The zero-order valence-electron chi connectivity index (χ0n) is 12.5. The normalized spacial score (nSPS) is 13.5. The number of aryl methyl sites for hydroxylation is 1. The number of rotatable bonds is 5. The number of hydrogen-bond donors (Lipinski definition) is 2. The Kier molecular flexibility index (Phi) is 5.21. The summed E-state index contributed by atoms with van der Waals surface area (Å²) >= 11 is 1.41. The van der Waals surface area contributed by atoms with Crippen molar-refractivity contribution in [1.82, 2.24) is 0 Å². The number of benzene rings is 2. The van der Waals surface area contributed by atoms with Crippen LogP contribution in [0, 0.1) is 12.7 Å². The molecule has 0 aliphatic carbocycles. The van der Waals surface area contributed by atoms with Crippen molar-refractivity contribution in [3.05, 3.63) is 59.9 Å². The molecule has 2 N–H and O–H groups in total. The lowest BCUT2D eigenvalue weighted by Gasteiger charge is -2.22. The minimum atomic E-state index is -1.52. The highest BCUT2D eigenvalue weighted by Crippen LogP contribution is 2.24. The average molecular weight is 319 g/mol. The van der Waals surface area contributed by atoms with Crippen LogP contribution in [-0.2, 0) is 4.79 Å². The first kappa shape index (κ1) is 16.5. The Morgan fingerprint density at radius 1 is 1.18 bits per heavy atom. The number of nitrogens with one attached hydrogen (secondary N) is 1. The van der Waals surface area contributed by atoms with E-state index in [1.54, 1.807) is 0 Å². The summed E-state index contributed by atoms with van der Waals surface area (Å²) in [5.41, 5.74) is 0.0846. The topological polar surface area (TPSA) is 49.3 Å². The lowest BCUT2D eigenvalue weighted by atomic mass is 10.1. The van der Waals surface area contributed by atoms with E-state index in [0.717, 1.165) is 10.5 Å². The van der Waals surface area contributed by atoms with Gasteiger partial charge in [-0.3, -0.25) is 4.79 Å². The van der Waals surface area contributed by atoms with Gasteiger partial charge in [0.25, 0.3) is 5.91 Å². The molecule has 0 aliphatic rings. The monoisotopic (exact) mass is 319 g/mol. The molecule has 2 aromatic rings. The van der Waals surface area contributed by atoms with E-state index >= 15 is 0 Å². The van der Waals surface area contributed by atoms with E-state index in [2.05, 4.69) is 5.32 Å². The molecule has 1 amide bonds. The number of anilines is 1. The summed E-state index contributed by atoms with van der Waals surface area (Å²) in [6.07, 6.45) is 0. The van der Waals surface area contributed by atoms with Crippen molar-refractivity contribution in [2.75, 3.05) is 11.1 Å². The van der Waals surface area contributed by atoms with Gasteiger partial charge in [0.15, 0.2) is 0 Å². The maximum absolute atomic E-state index is 12.8. The van der Waals surface area contributed by atoms with Crippen LogP contribution in [0.15, 0.2) is 53.4 Å². The second-order valence-electron chi connectivity index (χ2n) is 5.34. The number of hydrogen-bond acceptors (Lipinski definition) is 3. The standard InChI is InChI=1S/C17H18FNO2S/c1-12-3-9-15(10-4-12)22-11-17(2,21)16(20)19-14-7-5-13(18)6-8-14/h3-10,21H,11H2,1-2H3,(H,19,20)/t17-/m1/s1. The summed E-state index contributed by atoms with van der Waals surface area (Å²) in [5, 5.41) is 12.9. The molecule has 0 bridgehead atoms. The molecule has 0 unspecified atom stereocenters. The van der Waals surface area contributed by atoms with Gasteiger partial charge in [0.05, 0.1) is 0 Å². The fourth-order valence-electron chi connectivity index (χ4n) is 1.72. The maximum atomic E-state index is 12.8. The van der Waals surface area contributed by atoms with Gasteiger partial charge >= 0.3 is 0 Å². The molecule has 116 valence electrons. The lowest BCUT2D eigenvalue weighted by Crippen LogP contribution is -2.42. The molecule has 0 saturated carbocycles. The largest absolute Gasteiger partial charge is 0.379 e. The van der Waals surface area contributed by atoms with Gasteiger partial charge in [-0.25, -0.2) is 4.39 Å². The van der Waals surface area contributed by atoms with Crippen molar-refractivity contribution in [3.63, 3.8) is 0 Å². The Labute approximate surface area is 133 Å². The van der Waals surface area contributed by atoms with Gasteiger partial charge in [0.2, 0.25) is 0 Å². The summed E-state index contributed by atoms with van der Waals surface area (Å²) in [7, 11) is 0. The summed E-state index contributed by atoms with van der Waals surface area (Å²) in [6.45, 7) is 3.47.